The van der Waals surface area contributed by atoms with Gasteiger partial charge >= 0.3 is 0 Å². The first-order valence-electron chi connectivity index (χ1n) is 7.55. The van der Waals surface area contributed by atoms with Crippen LogP contribution in [0, 0.1) is 0 Å². The highest BCUT2D eigenvalue weighted by molar-refractivity contribution is 7.92. The fourth-order valence-corrected chi connectivity index (χ4v) is 4.16. The van der Waals surface area contributed by atoms with Crippen molar-refractivity contribution in [1.82, 2.24) is 10.0 Å². The Labute approximate surface area is 151 Å². The molecule has 10 heteroatoms. The lowest BCUT2D eigenvalue weighted by Crippen LogP contribution is -2.26. The summed E-state index contributed by atoms with van der Waals surface area (Å²) in [6.07, 6.45) is 2.06. The Balaban J connectivity index is 0.00000529. The highest BCUT2D eigenvalue weighted by atomic mass is 35.5. The third kappa shape index (κ3) is 8.29. The van der Waals surface area contributed by atoms with Crippen molar-refractivity contribution in [3.8, 4) is 0 Å². The number of benzene rings is 1. The van der Waals surface area contributed by atoms with Gasteiger partial charge in [0.25, 0.3) is 0 Å². The monoisotopic (exact) mass is 399 g/mol. The molecule has 0 bridgehead atoms. The molecule has 0 unspecified atom stereocenters. The van der Waals surface area contributed by atoms with E-state index >= 15 is 0 Å². The van der Waals surface area contributed by atoms with Crippen molar-refractivity contribution >= 4 is 38.1 Å². The molecule has 1 aromatic rings. The fraction of sp³-hybridized carbons (Fsp3) is 0.571. The molecule has 0 aliphatic rings. The first kappa shape index (κ1) is 23.1. The molecule has 0 spiro atoms. The number of anilines is 1. The molecule has 0 atom stereocenters. The smallest absolute Gasteiger partial charge is 0.240 e. The molecule has 0 heterocycles. The van der Waals surface area contributed by atoms with Crippen LogP contribution in [0.5, 0.6) is 0 Å². The molecule has 0 amide bonds. The van der Waals surface area contributed by atoms with E-state index in [2.05, 4.69) is 14.8 Å². The summed E-state index contributed by atoms with van der Waals surface area (Å²) < 4.78 is 52.7. The van der Waals surface area contributed by atoms with E-state index in [1.165, 1.54) is 24.3 Å². The summed E-state index contributed by atoms with van der Waals surface area (Å²) in [5, 5.41) is 2.94. The van der Waals surface area contributed by atoms with Gasteiger partial charge in [0.2, 0.25) is 20.0 Å². The zero-order chi connectivity index (χ0) is 17.3. The molecule has 1 rings (SSSR count). The minimum atomic E-state index is -3.57. The van der Waals surface area contributed by atoms with Crippen molar-refractivity contribution in [1.29, 1.82) is 0 Å². The summed E-state index contributed by atoms with van der Waals surface area (Å²) in [6.45, 7) is 2.98. The Kier molecular flexibility index (Phi) is 10.5. The van der Waals surface area contributed by atoms with Crippen LogP contribution in [0.3, 0.4) is 0 Å². The standard InChI is InChI=1S/C14H25N3O4S2.ClH/c1-3-4-12-22(18,19)17-13-6-8-14(9-7-13)23(20,21)16-11-5-10-15-2;/h6-9,15-17H,3-5,10-12H2,1-2H3;1H. The maximum Gasteiger partial charge on any atom is 0.240 e. The summed E-state index contributed by atoms with van der Waals surface area (Å²) >= 11 is 0. The van der Waals surface area contributed by atoms with Crippen LogP contribution in [0.4, 0.5) is 5.69 Å². The van der Waals surface area contributed by atoms with Gasteiger partial charge in [-0.3, -0.25) is 4.72 Å². The minimum absolute atomic E-state index is 0. The van der Waals surface area contributed by atoms with Crippen molar-refractivity contribution in [2.45, 2.75) is 31.1 Å². The number of rotatable bonds is 11. The Morgan fingerprint density at radius 3 is 2.12 bits per heavy atom. The second kappa shape index (κ2) is 10.9. The second-order valence-electron chi connectivity index (χ2n) is 5.15. The second-order valence-corrected chi connectivity index (χ2v) is 8.76. The predicted molar refractivity (Wildman–Crippen MR) is 99.7 cm³/mol. The van der Waals surface area contributed by atoms with Crippen LogP contribution >= 0.6 is 12.4 Å². The maximum absolute atomic E-state index is 12.1. The predicted octanol–water partition coefficient (Wildman–Crippen LogP) is 1.54. The van der Waals surface area contributed by atoms with Crippen LogP contribution < -0.4 is 14.8 Å². The molecule has 0 saturated heterocycles. The highest BCUT2D eigenvalue weighted by Crippen LogP contribution is 2.15. The van der Waals surface area contributed by atoms with Crippen LogP contribution in [-0.4, -0.2) is 42.7 Å². The number of hydrogen-bond donors (Lipinski definition) is 3. The van der Waals surface area contributed by atoms with E-state index in [-0.39, 0.29) is 23.1 Å². The SMILES string of the molecule is CCCCS(=O)(=O)Nc1ccc(S(=O)(=O)NCCCNC)cc1.Cl. The molecule has 0 radical (unpaired) electrons. The molecule has 7 nitrogen and oxygen atoms in total. The Morgan fingerprint density at radius 2 is 1.58 bits per heavy atom. The molecular weight excluding hydrogens is 374 g/mol. The van der Waals surface area contributed by atoms with Crippen LogP contribution in [0.15, 0.2) is 29.2 Å². The molecule has 140 valence electrons. The van der Waals surface area contributed by atoms with Gasteiger partial charge in [0.15, 0.2) is 0 Å². The molecule has 0 fully saturated rings. The van der Waals surface area contributed by atoms with E-state index in [0.29, 0.717) is 25.1 Å². The molecule has 24 heavy (non-hydrogen) atoms. The topological polar surface area (TPSA) is 104 Å². The normalized spacial score (nSPS) is 11.8. The largest absolute Gasteiger partial charge is 0.320 e. The Bertz CT molecular complexity index is 676. The van der Waals surface area contributed by atoms with Crippen molar-refractivity contribution < 1.29 is 16.8 Å². The average molecular weight is 400 g/mol. The molecule has 1 aromatic carbocycles. The highest BCUT2D eigenvalue weighted by Gasteiger charge is 2.14. The summed E-state index contributed by atoms with van der Waals surface area (Å²) in [5.41, 5.74) is 0.357. The van der Waals surface area contributed by atoms with E-state index in [1.807, 2.05) is 6.92 Å². The van der Waals surface area contributed by atoms with Gasteiger partial charge in [-0.25, -0.2) is 21.6 Å². The zero-order valence-electron chi connectivity index (χ0n) is 13.9. The first-order valence-corrected chi connectivity index (χ1v) is 10.7. The van der Waals surface area contributed by atoms with E-state index < -0.39 is 20.0 Å². The van der Waals surface area contributed by atoms with Crippen molar-refractivity contribution in [2.24, 2.45) is 0 Å². The number of nitrogens with one attached hydrogen (secondary N) is 3. The molecular formula is C14H26ClN3O4S2. The quantitative estimate of drug-likeness (QED) is 0.489. The van der Waals surface area contributed by atoms with Gasteiger partial charge in [-0.15, -0.1) is 12.4 Å². The Hall–Kier alpha value is -0.870. The molecule has 0 aliphatic carbocycles. The number of unbranched alkanes of at least 4 members (excludes halogenated alkanes) is 1. The lowest BCUT2D eigenvalue weighted by atomic mass is 10.3. The van der Waals surface area contributed by atoms with E-state index in [4.69, 9.17) is 0 Å². The number of sulfonamides is 2. The summed E-state index contributed by atoms with van der Waals surface area (Å²) in [5.74, 6) is 0.0522. The van der Waals surface area contributed by atoms with Crippen LogP contribution in [-0.2, 0) is 20.0 Å². The molecule has 0 saturated carbocycles. The van der Waals surface area contributed by atoms with Gasteiger partial charge in [0.05, 0.1) is 10.6 Å². The summed E-state index contributed by atoms with van der Waals surface area (Å²) in [4.78, 5) is 0.110. The average Bonchev–Trinajstić information content (AvgIpc) is 2.50. The van der Waals surface area contributed by atoms with E-state index in [9.17, 15) is 16.8 Å². The molecule has 3 N–H and O–H groups in total. The van der Waals surface area contributed by atoms with E-state index in [1.54, 1.807) is 7.05 Å². The van der Waals surface area contributed by atoms with E-state index in [0.717, 1.165) is 13.0 Å². The van der Waals surface area contributed by atoms with Gasteiger partial charge in [0, 0.05) is 12.2 Å². The number of hydrogen-bond acceptors (Lipinski definition) is 5. The van der Waals surface area contributed by atoms with Crippen LogP contribution in [0.25, 0.3) is 0 Å². The van der Waals surface area contributed by atoms with Gasteiger partial charge in [-0.05, 0) is 50.7 Å². The zero-order valence-corrected chi connectivity index (χ0v) is 16.4. The first-order chi connectivity index (χ1) is 10.8. The van der Waals surface area contributed by atoms with Crippen LogP contribution in [0.2, 0.25) is 0 Å². The molecule has 0 aromatic heterocycles. The fourth-order valence-electron chi connectivity index (χ4n) is 1.82. The third-order valence-electron chi connectivity index (χ3n) is 3.10. The molecule has 0 aliphatic heterocycles. The third-order valence-corrected chi connectivity index (χ3v) is 5.95. The maximum atomic E-state index is 12.1. The van der Waals surface area contributed by atoms with Gasteiger partial charge < -0.3 is 5.32 Å². The van der Waals surface area contributed by atoms with Gasteiger partial charge in [-0.2, -0.15) is 0 Å². The Morgan fingerprint density at radius 1 is 0.958 bits per heavy atom. The van der Waals surface area contributed by atoms with Crippen molar-refractivity contribution in [3.05, 3.63) is 24.3 Å². The van der Waals surface area contributed by atoms with Crippen molar-refractivity contribution in [3.63, 3.8) is 0 Å². The number of halogens is 1. The van der Waals surface area contributed by atoms with Crippen LogP contribution in [0.1, 0.15) is 26.2 Å². The summed E-state index contributed by atoms with van der Waals surface area (Å²) in [7, 11) is -5.16. The van der Waals surface area contributed by atoms with Crippen molar-refractivity contribution in [2.75, 3.05) is 30.6 Å². The lowest BCUT2D eigenvalue weighted by molar-refractivity contribution is 0.577. The van der Waals surface area contributed by atoms with Gasteiger partial charge in [0.1, 0.15) is 0 Å². The minimum Gasteiger partial charge on any atom is -0.320 e. The van der Waals surface area contributed by atoms with Gasteiger partial charge in [-0.1, -0.05) is 13.3 Å². The lowest BCUT2D eigenvalue weighted by Gasteiger charge is -2.09. The summed E-state index contributed by atoms with van der Waals surface area (Å²) in [6, 6.07) is 5.67.